The van der Waals surface area contributed by atoms with Crippen molar-refractivity contribution in [3.8, 4) is 0 Å². The molecule has 1 heteroatoms. The maximum Gasteiger partial charge on any atom is 0.0441 e. The van der Waals surface area contributed by atoms with Gasteiger partial charge in [0.1, 0.15) is 0 Å². The molecule has 0 saturated heterocycles. The molecule has 2 rings (SSSR count). The van der Waals surface area contributed by atoms with Crippen molar-refractivity contribution in [2.75, 3.05) is 0 Å². The van der Waals surface area contributed by atoms with Crippen molar-refractivity contribution in [2.45, 2.75) is 38.1 Å². The van der Waals surface area contributed by atoms with Crippen LogP contribution in [-0.4, -0.2) is 6.04 Å². The number of hydrogen-bond acceptors (Lipinski definition) is 1. The van der Waals surface area contributed by atoms with Gasteiger partial charge < -0.3 is 5.32 Å². The minimum absolute atomic E-state index is 0.589. The molecule has 0 saturated carbocycles. The molecule has 70 valence electrons. The van der Waals surface area contributed by atoms with Crippen LogP contribution in [0, 0.1) is 0 Å². The predicted molar refractivity (Wildman–Crippen MR) is 56.4 cm³/mol. The van der Waals surface area contributed by atoms with Crippen molar-refractivity contribution >= 4 is 0 Å². The fourth-order valence-corrected chi connectivity index (χ4v) is 1.89. The second-order valence-electron chi connectivity index (χ2n) is 3.77. The summed E-state index contributed by atoms with van der Waals surface area (Å²) in [5, 5.41) is 3.58. The molecule has 0 aromatic heterocycles. The molecule has 0 aromatic carbocycles. The first-order chi connectivity index (χ1) is 6.45. The molecule has 1 unspecified atom stereocenters. The Labute approximate surface area is 80.2 Å². The van der Waals surface area contributed by atoms with E-state index in [1.165, 1.54) is 37.8 Å². The van der Waals surface area contributed by atoms with Gasteiger partial charge in [0.2, 0.25) is 0 Å². The van der Waals surface area contributed by atoms with E-state index in [4.69, 9.17) is 0 Å². The highest BCUT2D eigenvalue weighted by molar-refractivity contribution is 5.18. The van der Waals surface area contributed by atoms with Crippen LogP contribution in [0.3, 0.4) is 0 Å². The summed E-state index contributed by atoms with van der Waals surface area (Å²) >= 11 is 0. The lowest BCUT2D eigenvalue weighted by Crippen LogP contribution is -2.28. The summed E-state index contributed by atoms with van der Waals surface area (Å²) in [4.78, 5) is 0. The number of allylic oxidation sites excluding steroid dienone is 5. The minimum atomic E-state index is 0.589. The molecule has 0 fully saturated rings. The summed E-state index contributed by atoms with van der Waals surface area (Å²) < 4.78 is 0. The zero-order chi connectivity index (χ0) is 8.93. The average molecular weight is 175 g/mol. The van der Waals surface area contributed by atoms with Gasteiger partial charge in [-0.2, -0.15) is 0 Å². The summed E-state index contributed by atoms with van der Waals surface area (Å²) in [6.45, 7) is 0. The van der Waals surface area contributed by atoms with Gasteiger partial charge >= 0.3 is 0 Å². The van der Waals surface area contributed by atoms with Crippen molar-refractivity contribution in [2.24, 2.45) is 0 Å². The van der Waals surface area contributed by atoms with Crippen molar-refractivity contribution in [1.82, 2.24) is 5.32 Å². The van der Waals surface area contributed by atoms with Crippen LogP contribution in [0.25, 0.3) is 0 Å². The van der Waals surface area contributed by atoms with Crippen LogP contribution in [0.4, 0.5) is 0 Å². The Morgan fingerprint density at radius 1 is 1.23 bits per heavy atom. The molecule has 0 amide bonds. The van der Waals surface area contributed by atoms with Gasteiger partial charge in [-0.05, 0) is 38.2 Å². The normalized spacial score (nSPS) is 27.1. The largest absolute Gasteiger partial charge is 0.382 e. The maximum atomic E-state index is 3.58. The summed E-state index contributed by atoms with van der Waals surface area (Å²) in [5.41, 5.74) is 1.40. The third-order valence-corrected chi connectivity index (χ3v) is 2.64. The smallest absolute Gasteiger partial charge is 0.0441 e. The summed E-state index contributed by atoms with van der Waals surface area (Å²) in [5.74, 6) is 0. The topological polar surface area (TPSA) is 12.0 Å². The van der Waals surface area contributed by atoms with Crippen LogP contribution in [-0.2, 0) is 0 Å². The zero-order valence-electron chi connectivity index (χ0n) is 8.00. The number of nitrogens with one attached hydrogen (secondary N) is 1. The Bertz CT molecular complexity index is 248. The van der Waals surface area contributed by atoms with Crippen LogP contribution >= 0.6 is 0 Å². The lowest BCUT2D eigenvalue weighted by molar-refractivity contribution is 0.557. The zero-order valence-corrected chi connectivity index (χ0v) is 8.00. The highest BCUT2D eigenvalue weighted by atomic mass is 14.9. The fourth-order valence-electron chi connectivity index (χ4n) is 1.89. The van der Waals surface area contributed by atoms with E-state index in [0.29, 0.717) is 6.04 Å². The molecular weight excluding hydrogens is 158 g/mol. The lowest BCUT2D eigenvalue weighted by Gasteiger charge is -2.21. The van der Waals surface area contributed by atoms with Crippen LogP contribution < -0.4 is 5.32 Å². The standard InChI is InChI=1S/C12H17N/c1-3-7-11(8-4-1)13-12-9-5-2-6-10-12/h1,3,5,7,9,12-13H,2,4,6,8,10H2. The molecule has 0 radical (unpaired) electrons. The predicted octanol–water partition coefficient (Wildman–Crippen LogP) is 2.92. The highest BCUT2D eigenvalue weighted by Gasteiger charge is 2.09. The van der Waals surface area contributed by atoms with Gasteiger partial charge in [0.05, 0.1) is 0 Å². The Hall–Kier alpha value is -0.980. The Balaban J connectivity index is 1.89. The third kappa shape index (κ3) is 2.48. The van der Waals surface area contributed by atoms with Gasteiger partial charge in [-0.25, -0.2) is 0 Å². The van der Waals surface area contributed by atoms with E-state index in [2.05, 4.69) is 35.7 Å². The minimum Gasteiger partial charge on any atom is -0.382 e. The highest BCUT2D eigenvalue weighted by Crippen LogP contribution is 2.15. The molecule has 13 heavy (non-hydrogen) atoms. The molecule has 0 aromatic rings. The molecule has 0 aliphatic heterocycles. The SMILES string of the molecule is C1=CCCC(NC2C=CCCC2)=C1. The van der Waals surface area contributed by atoms with E-state index < -0.39 is 0 Å². The van der Waals surface area contributed by atoms with E-state index in [-0.39, 0.29) is 0 Å². The Morgan fingerprint density at radius 2 is 2.23 bits per heavy atom. The quantitative estimate of drug-likeness (QED) is 0.636. The first-order valence-electron chi connectivity index (χ1n) is 5.24. The molecule has 2 aliphatic carbocycles. The Kier molecular flexibility index (Phi) is 2.86. The number of hydrogen-bond donors (Lipinski definition) is 1. The Morgan fingerprint density at radius 3 is 2.92 bits per heavy atom. The van der Waals surface area contributed by atoms with Gasteiger partial charge in [-0.15, -0.1) is 0 Å². The van der Waals surface area contributed by atoms with Crippen LogP contribution in [0.5, 0.6) is 0 Å². The summed E-state index contributed by atoms with van der Waals surface area (Å²) in [6, 6.07) is 0.589. The average Bonchev–Trinajstić information content (AvgIpc) is 2.21. The molecule has 0 bridgehead atoms. The van der Waals surface area contributed by atoms with Gasteiger partial charge in [-0.3, -0.25) is 0 Å². The van der Waals surface area contributed by atoms with E-state index >= 15 is 0 Å². The van der Waals surface area contributed by atoms with Crippen LogP contribution in [0.2, 0.25) is 0 Å². The van der Waals surface area contributed by atoms with Gasteiger partial charge in [0.15, 0.2) is 0 Å². The fraction of sp³-hybridized carbons (Fsp3) is 0.500. The summed E-state index contributed by atoms with van der Waals surface area (Å²) in [7, 11) is 0. The van der Waals surface area contributed by atoms with Crippen molar-refractivity contribution in [3.63, 3.8) is 0 Å². The number of rotatable bonds is 2. The molecule has 1 N–H and O–H groups in total. The molecular formula is C12H17N. The van der Waals surface area contributed by atoms with E-state index in [0.717, 1.165) is 0 Å². The van der Waals surface area contributed by atoms with Crippen LogP contribution in [0.15, 0.2) is 36.1 Å². The molecule has 1 nitrogen and oxygen atoms in total. The van der Waals surface area contributed by atoms with E-state index in [1.54, 1.807) is 0 Å². The van der Waals surface area contributed by atoms with E-state index in [1.807, 2.05) is 0 Å². The van der Waals surface area contributed by atoms with Crippen molar-refractivity contribution < 1.29 is 0 Å². The summed E-state index contributed by atoms with van der Waals surface area (Å²) in [6.07, 6.45) is 17.4. The third-order valence-electron chi connectivity index (χ3n) is 2.64. The maximum absolute atomic E-state index is 3.58. The molecule has 0 heterocycles. The van der Waals surface area contributed by atoms with Crippen LogP contribution in [0.1, 0.15) is 32.1 Å². The molecule has 2 aliphatic rings. The second-order valence-corrected chi connectivity index (χ2v) is 3.77. The van der Waals surface area contributed by atoms with Crippen molar-refractivity contribution in [1.29, 1.82) is 0 Å². The van der Waals surface area contributed by atoms with E-state index in [9.17, 15) is 0 Å². The molecule has 1 atom stereocenters. The monoisotopic (exact) mass is 175 g/mol. The van der Waals surface area contributed by atoms with Gasteiger partial charge in [0, 0.05) is 11.7 Å². The molecule has 0 spiro atoms. The second kappa shape index (κ2) is 4.31. The van der Waals surface area contributed by atoms with Gasteiger partial charge in [0.25, 0.3) is 0 Å². The van der Waals surface area contributed by atoms with Gasteiger partial charge in [-0.1, -0.05) is 24.3 Å². The first kappa shape index (κ1) is 8.61. The van der Waals surface area contributed by atoms with Crippen molar-refractivity contribution in [3.05, 3.63) is 36.1 Å². The first-order valence-corrected chi connectivity index (χ1v) is 5.24. The lowest BCUT2D eigenvalue weighted by atomic mass is 10.0.